The van der Waals surface area contributed by atoms with E-state index < -0.39 is 5.60 Å². The predicted octanol–water partition coefficient (Wildman–Crippen LogP) is 2.95. The van der Waals surface area contributed by atoms with Crippen LogP contribution in [0.3, 0.4) is 0 Å². The van der Waals surface area contributed by atoms with Gasteiger partial charge in [0.25, 0.3) is 0 Å². The van der Waals surface area contributed by atoms with E-state index in [0.29, 0.717) is 13.1 Å². The smallest absolute Gasteiger partial charge is 0.410 e. The van der Waals surface area contributed by atoms with Crippen LogP contribution in [0.1, 0.15) is 53.4 Å². The van der Waals surface area contributed by atoms with Crippen LogP contribution in [0.5, 0.6) is 0 Å². The Bertz CT molecular complexity index is 465. The lowest BCUT2D eigenvalue weighted by atomic mass is 10.0. The maximum Gasteiger partial charge on any atom is 0.410 e. The molecule has 2 aliphatic rings. The Balaban J connectivity index is 2.00. The largest absolute Gasteiger partial charge is 0.444 e. The molecule has 2 aliphatic heterocycles. The molecule has 1 fully saturated rings. The average molecular weight is 308 g/mol. The summed E-state index contributed by atoms with van der Waals surface area (Å²) in [6.45, 7) is 9.72. The molecular formula is C17H28N2O3. The van der Waals surface area contributed by atoms with Crippen molar-refractivity contribution in [2.24, 2.45) is 0 Å². The zero-order chi connectivity index (χ0) is 16.3. The highest BCUT2D eigenvalue weighted by Gasteiger charge is 2.38. The minimum absolute atomic E-state index is 0.0646. The van der Waals surface area contributed by atoms with E-state index >= 15 is 0 Å². The minimum atomic E-state index is -0.531. The summed E-state index contributed by atoms with van der Waals surface area (Å²) in [6, 6.07) is -0.355. The average Bonchev–Trinajstić information content (AvgIpc) is 2.94. The van der Waals surface area contributed by atoms with Gasteiger partial charge in [0.15, 0.2) is 0 Å². The molecule has 0 spiro atoms. The van der Waals surface area contributed by atoms with Gasteiger partial charge in [0, 0.05) is 19.6 Å². The molecule has 0 aromatic rings. The molecule has 0 saturated carbocycles. The number of rotatable bonds is 2. The van der Waals surface area contributed by atoms with Crippen LogP contribution in [0.25, 0.3) is 0 Å². The van der Waals surface area contributed by atoms with Crippen LogP contribution in [0, 0.1) is 0 Å². The SMILES string of the molecule is CCC1=CCN(C(=O)C2CCCN2C(=O)OC(C)(C)C)CC1. The number of likely N-dealkylation sites (tertiary alicyclic amines) is 1. The summed E-state index contributed by atoms with van der Waals surface area (Å²) >= 11 is 0. The number of hydrogen-bond acceptors (Lipinski definition) is 3. The second kappa shape index (κ2) is 6.71. The van der Waals surface area contributed by atoms with Crippen molar-refractivity contribution in [1.82, 2.24) is 9.80 Å². The monoisotopic (exact) mass is 308 g/mol. The fourth-order valence-electron chi connectivity index (χ4n) is 3.01. The molecule has 0 aliphatic carbocycles. The summed E-state index contributed by atoms with van der Waals surface area (Å²) < 4.78 is 5.43. The third kappa shape index (κ3) is 4.02. The number of ether oxygens (including phenoxy) is 1. The van der Waals surface area contributed by atoms with E-state index in [9.17, 15) is 9.59 Å². The highest BCUT2D eigenvalue weighted by Crippen LogP contribution is 2.24. The molecule has 5 heteroatoms. The lowest BCUT2D eigenvalue weighted by molar-refractivity contribution is -0.135. The van der Waals surface area contributed by atoms with E-state index in [-0.39, 0.29) is 18.0 Å². The van der Waals surface area contributed by atoms with Crippen molar-refractivity contribution in [2.45, 2.75) is 65.0 Å². The van der Waals surface area contributed by atoms with Crippen LogP contribution in [0.2, 0.25) is 0 Å². The molecule has 2 amide bonds. The lowest BCUT2D eigenvalue weighted by Crippen LogP contribution is -2.50. The zero-order valence-electron chi connectivity index (χ0n) is 14.2. The molecule has 1 unspecified atom stereocenters. The number of hydrogen-bond donors (Lipinski definition) is 0. The molecule has 22 heavy (non-hydrogen) atoms. The standard InChI is InChI=1S/C17H28N2O3/c1-5-13-8-11-18(12-9-13)15(20)14-7-6-10-19(14)16(21)22-17(2,3)4/h8,14H,5-7,9-12H2,1-4H3. The lowest BCUT2D eigenvalue weighted by Gasteiger charge is -2.33. The summed E-state index contributed by atoms with van der Waals surface area (Å²) in [5, 5.41) is 0. The Morgan fingerprint density at radius 1 is 1.32 bits per heavy atom. The van der Waals surface area contributed by atoms with Gasteiger partial charge in [0.05, 0.1) is 0 Å². The molecule has 0 aromatic carbocycles. The first-order valence-electron chi connectivity index (χ1n) is 8.28. The minimum Gasteiger partial charge on any atom is -0.444 e. The second-order valence-electron chi connectivity index (χ2n) is 7.08. The third-order valence-corrected chi connectivity index (χ3v) is 4.23. The van der Waals surface area contributed by atoms with Crippen LogP contribution < -0.4 is 0 Å². The van der Waals surface area contributed by atoms with Crippen molar-refractivity contribution in [3.8, 4) is 0 Å². The molecule has 5 nitrogen and oxygen atoms in total. The van der Waals surface area contributed by atoms with Crippen molar-refractivity contribution in [2.75, 3.05) is 19.6 Å². The molecule has 0 N–H and O–H groups in total. The van der Waals surface area contributed by atoms with E-state index in [2.05, 4.69) is 13.0 Å². The summed E-state index contributed by atoms with van der Waals surface area (Å²) in [5.41, 5.74) is 0.886. The van der Waals surface area contributed by atoms with Crippen LogP contribution in [-0.2, 0) is 9.53 Å². The van der Waals surface area contributed by atoms with Gasteiger partial charge in [0.2, 0.25) is 5.91 Å². The highest BCUT2D eigenvalue weighted by molar-refractivity contribution is 5.86. The second-order valence-corrected chi connectivity index (χ2v) is 7.08. The molecule has 1 saturated heterocycles. The van der Waals surface area contributed by atoms with Crippen molar-refractivity contribution in [3.05, 3.63) is 11.6 Å². The first kappa shape index (κ1) is 16.8. The van der Waals surface area contributed by atoms with Gasteiger partial charge in [-0.2, -0.15) is 0 Å². The number of amides is 2. The first-order valence-corrected chi connectivity index (χ1v) is 8.28. The molecule has 0 aromatic heterocycles. The van der Waals surface area contributed by atoms with Gasteiger partial charge in [-0.3, -0.25) is 9.69 Å². The summed E-state index contributed by atoms with van der Waals surface area (Å²) in [7, 11) is 0. The van der Waals surface area contributed by atoms with E-state index in [4.69, 9.17) is 4.74 Å². The van der Waals surface area contributed by atoms with Gasteiger partial charge in [-0.1, -0.05) is 18.6 Å². The van der Waals surface area contributed by atoms with Crippen LogP contribution in [-0.4, -0.2) is 53.1 Å². The Morgan fingerprint density at radius 2 is 2.05 bits per heavy atom. The summed E-state index contributed by atoms with van der Waals surface area (Å²) in [6.07, 6.45) is 5.37. The maximum atomic E-state index is 12.7. The fraction of sp³-hybridized carbons (Fsp3) is 0.765. The zero-order valence-corrected chi connectivity index (χ0v) is 14.2. The van der Waals surface area contributed by atoms with E-state index in [0.717, 1.165) is 32.2 Å². The van der Waals surface area contributed by atoms with Crippen molar-refractivity contribution in [3.63, 3.8) is 0 Å². The molecule has 124 valence electrons. The summed E-state index contributed by atoms with van der Waals surface area (Å²) in [4.78, 5) is 28.5. The molecule has 0 bridgehead atoms. The van der Waals surface area contributed by atoms with Gasteiger partial charge < -0.3 is 9.64 Å². The van der Waals surface area contributed by atoms with Gasteiger partial charge in [-0.15, -0.1) is 0 Å². The van der Waals surface area contributed by atoms with Crippen molar-refractivity contribution >= 4 is 12.0 Å². The van der Waals surface area contributed by atoms with Crippen molar-refractivity contribution < 1.29 is 14.3 Å². The quantitative estimate of drug-likeness (QED) is 0.737. The highest BCUT2D eigenvalue weighted by atomic mass is 16.6. The third-order valence-electron chi connectivity index (χ3n) is 4.23. The van der Waals surface area contributed by atoms with Gasteiger partial charge in [-0.25, -0.2) is 4.79 Å². The molecule has 1 atom stereocenters. The number of carbonyl (C=O) groups is 2. The normalized spacial score (nSPS) is 22.5. The Hall–Kier alpha value is -1.52. The van der Waals surface area contributed by atoms with Crippen molar-refractivity contribution in [1.29, 1.82) is 0 Å². The van der Waals surface area contributed by atoms with Crippen LogP contribution in [0.15, 0.2) is 11.6 Å². The topological polar surface area (TPSA) is 49.9 Å². The molecular weight excluding hydrogens is 280 g/mol. The Labute approximate surface area is 133 Å². The molecule has 2 heterocycles. The van der Waals surface area contributed by atoms with Gasteiger partial charge in [-0.05, 0) is 46.5 Å². The van der Waals surface area contributed by atoms with Crippen LogP contribution >= 0.6 is 0 Å². The Kier molecular flexibility index (Phi) is 5.14. The fourth-order valence-corrected chi connectivity index (χ4v) is 3.01. The van der Waals surface area contributed by atoms with Gasteiger partial charge >= 0.3 is 6.09 Å². The predicted molar refractivity (Wildman–Crippen MR) is 85.5 cm³/mol. The van der Waals surface area contributed by atoms with Gasteiger partial charge in [0.1, 0.15) is 11.6 Å². The first-order chi connectivity index (χ1) is 10.3. The van der Waals surface area contributed by atoms with E-state index in [1.165, 1.54) is 5.57 Å². The number of carbonyl (C=O) groups excluding carboxylic acids is 2. The summed E-state index contributed by atoms with van der Waals surface area (Å²) in [5.74, 6) is 0.0646. The van der Waals surface area contributed by atoms with E-state index in [1.807, 2.05) is 25.7 Å². The maximum absolute atomic E-state index is 12.7. The van der Waals surface area contributed by atoms with E-state index in [1.54, 1.807) is 4.90 Å². The molecule has 2 rings (SSSR count). The number of nitrogens with zero attached hydrogens (tertiary/aromatic N) is 2. The van der Waals surface area contributed by atoms with Crippen LogP contribution in [0.4, 0.5) is 4.79 Å². The molecule has 0 radical (unpaired) electrons. The Morgan fingerprint density at radius 3 is 2.59 bits per heavy atom.